The number of carbonyl (C=O) groups is 3. The van der Waals surface area contributed by atoms with Gasteiger partial charge in [-0.3, -0.25) is 9.59 Å². The Labute approximate surface area is 127 Å². The predicted octanol–water partition coefficient (Wildman–Crippen LogP) is 0.925. The highest BCUT2D eigenvalue weighted by molar-refractivity contribution is 5.99. The van der Waals surface area contributed by atoms with Crippen molar-refractivity contribution in [2.75, 3.05) is 12.4 Å². The number of carboxylic acids is 1. The van der Waals surface area contributed by atoms with Gasteiger partial charge in [-0.05, 0) is 37.5 Å². The highest BCUT2D eigenvalue weighted by atomic mass is 16.5. The number of nitrogens with one attached hydrogen (secondary N) is 2. The Kier molecular flexibility index (Phi) is 4.77. The molecule has 22 heavy (non-hydrogen) atoms. The summed E-state index contributed by atoms with van der Waals surface area (Å²) in [6.45, 7) is 1.80. The average Bonchev–Trinajstić information content (AvgIpc) is 2.99. The number of carbonyl (C=O) groups excluding carboxylic acids is 2. The maximum absolute atomic E-state index is 12.2. The number of aliphatic carboxylic acids is 1. The number of ether oxygens (including phenoxy) is 1. The molecule has 2 rings (SSSR count). The Morgan fingerprint density at radius 1 is 1.23 bits per heavy atom. The van der Waals surface area contributed by atoms with E-state index in [4.69, 9.17) is 9.84 Å². The molecule has 1 saturated heterocycles. The Morgan fingerprint density at radius 3 is 2.50 bits per heavy atom. The summed E-state index contributed by atoms with van der Waals surface area (Å²) in [6.07, 6.45) is -1.06. The summed E-state index contributed by atoms with van der Waals surface area (Å²) in [5.74, 6) is -1.72. The van der Waals surface area contributed by atoms with Gasteiger partial charge in [0.2, 0.25) is 0 Å². The lowest BCUT2D eigenvalue weighted by atomic mass is 10.1. The van der Waals surface area contributed by atoms with Gasteiger partial charge in [0.25, 0.3) is 11.8 Å². The molecule has 0 bridgehead atoms. The van der Waals surface area contributed by atoms with Crippen molar-refractivity contribution in [3.05, 3.63) is 29.3 Å². The third kappa shape index (κ3) is 3.43. The van der Waals surface area contributed by atoms with Gasteiger partial charge in [0.1, 0.15) is 6.10 Å². The molecule has 7 nitrogen and oxygen atoms in total. The van der Waals surface area contributed by atoms with Crippen LogP contribution >= 0.6 is 0 Å². The van der Waals surface area contributed by atoms with Crippen molar-refractivity contribution in [1.82, 2.24) is 5.32 Å². The molecule has 1 aliphatic heterocycles. The fourth-order valence-electron chi connectivity index (χ4n) is 2.27. The van der Waals surface area contributed by atoms with Crippen molar-refractivity contribution < 1.29 is 24.2 Å². The number of anilines is 1. The van der Waals surface area contributed by atoms with Crippen LogP contribution in [0.2, 0.25) is 0 Å². The molecule has 0 aromatic heterocycles. The number of carboxylic acid groups (broad SMARTS) is 1. The van der Waals surface area contributed by atoms with E-state index in [1.807, 2.05) is 0 Å². The molecule has 2 atom stereocenters. The van der Waals surface area contributed by atoms with Crippen molar-refractivity contribution in [3.63, 3.8) is 0 Å². The van der Waals surface area contributed by atoms with Crippen molar-refractivity contribution >= 4 is 23.5 Å². The molecular weight excluding hydrogens is 288 g/mol. The highest BCUT2D eigenvalue weighted by Crippen LogP contribution is 2.23. The fraction of sp³-hybridized carbons (Fsp3) is 0.400. The summed E-state index contributed by atoms with van der Waals surface area (Å²) in [5, 5.41) is 14.1. The molecule has 3 N–H and O–H groups in total. The first-order valence-corrected chi connectivity index (χ1v) is 6.94. The number of amides is 2. The van der Waals surface area contributed by atoms with E-state index in [2.05, 4.69) is 10.6 Å². The van der Waals surface area contributed by atoms with Gasteiger partial charge in [-0.2, -0.15) is 0 Å². The molecular formula is C15H18N2O5. The van der Waals surface area contributed by atoms with Crippen LogP contribution in [0.3, 0.4) is 0 Å². The zero-order valence-corrected chi connectivity index (χ0v) is 12.4. The second-order valence-electron chi connectivity index (χ2n) is 5.13. The second-order valence-corrected chi connectivity index (χ2v) is 5.13. The van der Waals surface area contributed by atoms with Gasteiger partial charge < -0.3 is 20.5 Å². The highest BCUT2D eigenvalue weighted by Gasteiger charge is 2.34. The summed E-state index contributed by atoms with van der Waals surface area (Å²) >= 11 is 0. The lowest BCUT2D eigenvalue weighted by Gasteiger charge is -2.14. The SMILES string of the molecule is CNC(=O)c1ccc(C)c(NC(=O)[C@@H]2CC[C@H](C(=O)O)O2)c1. The molecule has 0 saturated carbocycles. The van der Waals surface area contributed by atoms with E-state index >= 15 is 0 Å². The molecule has 1 aromatic rings. The van der Waals surface area contributed by atoms with Crippen LogP contribution in [-0.4, -0.2) is 42.1 Å². The normalized spacial score (nSPS) is 20.5. The van der Waals surface area contributed by atoms with Gasteiger partial charge in [0, 0.05) is 18.3 Å². The van der Waals surface area contributed by atoms with Crippen LogP contribution in [0, 0.1) is 6.92 Å². The molecule has 1 aromatic carbocycles. The van der Waals surface area contributed by atoms with Crippen molar-refractivity contribution in [1.29, 1.82) is 0 Å². The van der Waals surface area contributed by atoms with Crippen LogP contribution < -0.4 is 10.6 Å². The summed E-state index contributed by atoms with van der Waals surface area (Å²) in [7, 11) is 1.53. The minimum Gasteiger partial charge on any atom is -0.479 e. The summed E-state index contributed by atoms with van der Waals surface area (Å²) in [4.78, 5) is 34.6. The zero-order chi connectivity index (χ0) is 16.3. The minimum absolute atomic E-state index is 0.251. The zero-order valence-electron chi connectivity index (χ0n) is 12.4. The standard InChI is InChI=1S/C15H18N2O5/c1-8-3-4-9(13(18)16-2)7-10(8)17-14(19)11-5-6-12(22-11)15(20)21/h3-4,7,11-12H,5-6H2,1-2H3,(H,16,18)(H,17,19)(H,20,21)/t11-,12+/m0/s1. The molecule has 118 valence electrons. The van der Waals surface area contributed by atoms with Crippen LogP contribution in [0.25, 0.3) is 0 Å². The molecule has 1 fully saturated rings. The van der Waals surface area contributed by atoms with E-state index in [1.165, 1.54) is 7.05 Å². The maximum Gasteiger partial charge on any atom is 0.332 e. The van der Waals surface area contributed by atoms with Crippen molar-refractivity contribution in [2.45, 2.75) is 32.0 Å². The molecule has 2 amide bonds. The average molecular weight is 306 g/mol. The minimum atomic E-state index is -1.06. The number of hydrogen-bond donors (Lipinski definition) is 3. The molecule has 7 heteroatoms. The van der Waals surface area contributed by atoms with E-state index < -0.39 is 24.1 Å². The molecule has 0 radical (unpaired) electrons. The van der Waals surface area contributed by atoms with E-state index in [9.17, 15) is 14.4 Å². The number of hydrogen-bond acceptors (Lipinski definition) is 4. The van der Waals surface area contributed by atoms with Crippen molar-refractivity contribution in [3.8, 4) is 0 Å². The van der Waals surface area contributed by atoms with Gasteiger partial charge in [-0.15, -0.1) is 0 Å². The largest absolute Gasteiger partial charge is 0.479 e. The number of rotatable bonds is 4. The molecule has 0 spiro atoms. The van der Waals surface area contributed by atoms with E-state index in [-0.39, 0.29) is 5.91 Å². The fourth-order valence-corrected chi connectivity index (χ4v) is 2.27. The monoisotopic (exact) mass is 306 g/mol. The number of aryl methyl sites for hydroxylation is 1. The lowest BCUT2D eigenvalue weighted by molar-refractivity contribution is -0.150. The van der Waals surface area contributed by atoms with Crippen LogP contribution in [0.1, 0.15) is 28.8 Å². The molecule has 0 aliphatic carbocycles. The lowest BCUT2D eigenvalue weighted by Crippen LogP contribution is -2.30. The first kappa shape index (κ1) is 16.0. The van der Waals surface area contributed by atoms with Gasteiger partial charge in [-0.25, -0.2) is 4.79 Å². The summed E-state index contributed by atoms with van der Waals surface area (Å²) in [6, 6.07) is 4.97. The van der Waals surface area contributed by atoms with Gasteiger partial charge in [0.15, 0.2) is 6.10 Å². The van der Waals surface area contributed by atoms with Crippen LogP contribution in [-0.2, 0) is 14.3 Å². The third-order valence-electron chi connectivity index (χ3n) is 3.57. The summed E-state index contributed by atoms with van der Waals surface area (Å²) < 4.78 is 5.20. The quantitative estimate of drug-likeness (QED) is 0.767. The van der Waals surface area contributed by atoms with Gasteiger partial charge in [-0.1, -0.05) is 6.07 Å². The Hall–Kier alpha value is -2.41. The Bertz CT molecular complexity index is 614. The van der Waals surface area contributed by atoms with Crippen LogP contribution in [0.4, 0.5) is 5.69 Å². The second kappa shape index (κ2) is 6.57. The molecule has 1 aliphatic rings. The summed E-state index contributed by atoms with van der Waals surface area (Å²) in [5.41, 5.74) is 1.74. The Balaban J connectivity index is 2.08. The first-order valence-electron chi connectivity index (χ1n) is 6.94. The van der Waals surface area contributed by atoms with E-state index in [0.29, 0.717) is 24.1 Å². The number of benzene rings is 1. The van der Waals surface area contributed by atoms with E-state index in [1.54, 1.807) is 25.1 Å². The van der Waals surface area contributed by atoms with Gasteiger partial charge >= 0.3 is 5.97 Å². The smallest absolute Gasteiger partial charge is 0.332 e. The molecule has 1 heterocycles. The Morgan fingerprint density at radius 2 is 1.91 bits per heavy atom. The van der Waals surface area contributed by atoms with Crippen LogP contribution in [0.15, 0.2) is 18.2 Å². The maximum atomic E-state index is 12.2. The van der Waals surface area contributed by atoms with Gasteiger partial charge in [0.05, 0.1) is 0 Å². The van der Waals surface area contributed by atoms with Crippen LogP contribution in [0.5, 0.6) is 0 Å². The first-order chi connectivity index (χ1) is 10.4. The molecule has 0 unspecified atom stereocenters. The van der Waals surface area contributed by atoms with E-state index in [0.717, 1.165) is 5.56 Å². The van der Waals surface area contributed by atoms with Crippen molar-refractivity contribution in [2.24, 2.45) is 0 Å². The topological polar surface area (TPSA) is 105 Å². The third-order valence-corrected chi connectivity index (χ3v) is 3.57. The predicted molar refractivity (Wildman–Crippen MR) is 78.7 cm³/mol.